The van der Waals surface area contributed by atoms with Crippen molar-refractivity contribution in [2.75, 3.05) is 6.61 Å². The lowest BCUT2D eigenvalue weighted by Crippen LogP contribution is -2.45. The molecule has 4 heteroatoms. The van der Waals surface area contributed by atoms with Gasteiger partial charge in [0.1, 0.15) is 0 Å². The minimum Gasteiger partial charge on any atom is -0.394 e. The molecule has 0 aliphatic heterocycles. The van der Waals surface area contributed by atoms with Gasteiger partial charge in [0.25, 0.3) is 0 Å². The number of amides is 1. The molecule has 4 nitrogen and oxygen atoms in total. The highest BCUT2D eigenvalue weighted by molar-refractivity contribution is 5.76. The van der Waals surface area contributed by atoms with Gasteiger partial charge in [-0.2, -0.15) is 0 Å². The van der Waals surface area contributed by atoms with Crippen LogP contribution in [0.4, 0.5) is 0 Å². The summed E-state index contributed by atoms with van der Waals surface area (Å²) < 4.78 is 0. The zero-order valence-corrected chi connectivity index (χ0v) is 43.9. The van der Waals surface area contributed by atoms with E-state index in [0.29, 0.717) is 6.42 Å². The van der Waals surface area contributed by atoms with Crippen molar-refractivity contribution in [1.82, 2.24) is 5.32 Å². The minimum atomic E-state index is -0.841. The van der Waals surface area contributed by atoms with Crippen molar-refractivity contribution in [3.63, 3.8) is 0 Å². The fraction of sp³-hybridized carbons (Fsp3) is 0.758. The molecule has 2 atom stereocenters. The van der Waals surface area contributed by atoms with E-state index in [9.17, 15) is 15.0 Å². The van der Waals surface area contributed by atoms with Gasteiger partial charge in [0.05, 0.1) is 18.8 Å². The number of aliphatic hydroxyl groups is 2. The van der Waals surface area contributed by atoms with E-state index in [2.05, 4.69) is 92.1 Å². The molecule has 382 valence electrons. The molecule has 0 radical (unpaired) electrons. The second kappa shape index (κ2) is 56.9. The molecule has 66 heavy (non-hydrogen) atoms. The Hall–Kier alpha value is -2.43. The fourth-order valence-corrected chi connectivity index (χ4v) is 8.54. The highest BCUT2D eigenvalue weighted by Gasteiger charge is 2.18. The minimum absolute atomic E-state index is 0.0627. The molecule has 0 saturated heterocycles. The van der Waals surface area contributed by atoms with Gasteiger partial charge in [-0.3, -0.25) is 4.79 Å². The number of carbonyl (C=O) groups excluding carboxylic acids is 1. The smallest absolute Gasteiger partial charge is 0.220 e. The Kier molecular flexibility index (Phi) is 54.8. The lowest BCUT2D eigenvalue weighted by atomic mass is 10.0. The number of allylic oxidation sites excluding steroid dienone is 13. The molecule has 0 saturated carbocycles. The Morgan fingerprint density at radius 2 is 0.667 bits per heavy atom. The largest absolute Gasteiger partial charge is 0.394 e. The molecule has 0 bridgehead atoms. The number of unbranched alkanes of at least 4 members (excludes halogenated alkanes) is 33. The normalized spacial score (nSPS) is 13.5. The van der Waals surface area contributed by atoms with Crippen LogP contribution in [0.2, 0.25) is 0 Å². The zero-order chi connectivity index (χ0) is 47.7. The summed E-state index contributed by atoms with van der Waals surface area (Å²) in [5.41, 5.74) is 0. The van der Waals surface area contributed by atoms with E-state index in [1.54, 1.807) is 6.08 Å². The van der Waals surface area contributed by atoms with Crippen LogP contribution in [0.25, 0.3) is 0 Å². The van der Waals surface area contributed by atoms with Gasteiger partial charge in [-0.1, -0.05) is 292 Å². The number of hydrogen-bond acceptors (Lipinski definition) is 3. The van der Waals surface area contributed by atoms with E-state index in [-0.39, 0.29) is 12.5 Å². The fourth-order valence-electron chi connectivity index (χ4n) is 8.54. The third-order valence-corrected chi connectivity index (χ3v) is 12.9. The first-order valence-electron chi connectivity index (χ1n) is 28.8. The molecule has 1 amide bonds. The number of rotatable bonds is 52. The maximum atomic E-state index is 12.5. The summed E-state index contributed by atoms with van der Waals surface area (Å²) in [6, 6.07) is -0.624. The summed E-state index contributed by atoms with van der Waals surface area (Å²) in [6.07, 6.45) is 83.2. The van der Waals surface area contributed by atoms with Crippen molar-refractivity contribution in [3.05, 3.63) is 85.1 Å². The van der Waals surface area contributed by atoms with Gasteiger partial charge in [0.15, 0.2) is 0 Å². The summed E-state index contributed by atoms with van der Waals surface area (Å²) in [4.78, 5) is 12.5. The summed E-state index contributed by atoms with van der Waals surface area (Å²) in [5, 5.41) is 23.2. The molecule has 0 aliphatic rings. The topological polar surface area (TPSA) is 69.6 Å². The second-order valence-corrected chi connectivity index (χ2v) is 19.3. The van der Waals surface area contributed by atoms with E-state index in [1.807, 2.05) is 6.08 Å². The monoisotopic (exact) mass is 918 g/mol. The molecular weight excluding hydrogens is 807 g/mol. The molecule has 0 aliphatic carbocycles. The first-order valence-corrected chi connectivity index (χ1v) is 28.8. The predicted octanol–water partition coefficient (Wildman–Crippen LogP) is 19.1. The Bertz CT molecular complexity index is 1180. The average Bonchev–Trinajstić information content (AvgIpc) is 3.32. The van der Waals surface area contributed by atoms with Crippen LogP contribution in [0.1, 0.15) is 284 Å². The quantitative estimate of drug-likeness (QED) is 0.0421. The van der Waals surface area contributed by atoms with Crippen LogP contribution in [-0.2, 0) is 4.79 Å². The number of nitrogens with one attached hydrogen (secondary N) is 1. The molecule has 0 rings (SSSR count). The van der Waals surface area contributed by atoms with E-state index in [1.165, 1.54) is 199 Å². The van der Waals surface area contributed by atoms with Gasteiger partial charge in [-0.25, -0.2) is 0 Å². The van der Waals surface area contributed by atoms with Crippen molar-refractivity contribution in [2.45, 2.75) is 296 Å². The number of hydrogen-bond donors (Lipinski definition) is 3. The van der Waals surface area contributed by atoms with Gasteiger partial charge in [-0.15, -0.1) is 0 Å². The number of aliphatic hydroxyl groups excluding tert-OH is 2. The van der Waals surface area contributed by atoms with Crippen molar-refractivity contribution < 1.29 is 15.0 Å². The van der Waals surface area contributed by atoms with Gasteiger partial charge in [0.2, 0.25) is 5.91 Å². The molecular formula is C62H111NO3. The molecule has 3 N–H and O–H groups in total. The lowest BCUT2D eigenvalue weighted by molar-refractivity contribution is -0.123. The van der Waals surface area contributed by atoms with E-state index in [0.717, 1.165) is 64.2 Å². The molecule has 2 unspecified atom stereocenters. The maximum absolute atomic E-state index is 12.5. The van der Waals surface area contributed by atoms with Crippen LogP contribution < -0.4 is 5.32 Å². The Morgan fingerprint density at radius 3 is 1.00 bits per heavy atom. The van der Waals surface area contributed by atoms with Crippen LogP contribution in [-0.4, -0.2) is 34.9 Å². The summed E-state index contributed by atoms with van der Waals surface area (Å²) in [5.74, 6) is -0.0627. The van der Waals surface area contributed by atoms with Crippen molar-refractivity contribution in [1.29, 1.82) is 0 Å². The Morgan fingerprint density at radius 1 is 0.379 bits per heavy atom. The molecule has 0 heterocycles. The highest BCUT2D eigenvalue weighted by atomic mass is 16.3. The highest BCUT2D eigenvalue weighted by Crippen LogP contribution is 2.17. The lowest BCUT2D eigenvalue weighted by Gasteiger charge is -2.20. The SMILES string of the molecule is CC/C=C\C/C=C\C/C=C\C/C=C\C/C=C\C/C=C\CCCCCCCCCCCCCCCCCCCCC(=O)NC(CO)C(O)/C=C/CCCCCCCCCCCCCCCCC. The molecule has 0 aromatic carbocycles. The van der Waals surface area contributed by atoms with Crippen molar-refractivity contribution in [2.24, 2.45) is 0 Å². The summed E-state index contributed by atoms with van der Waals surface area (Å²) >= 11 is 0. The summed E-state index contributed by atoms with van der Waals surface area (Å²) in [6.45, 7) is 4.21. The van der Waals surface area contributed by atoms with E-state index >= 15 is 0 Å². The molecule has 0 spiro atoms. The first kappa shape index (κ1) is 63.6. The van der Waals surface area contributed by atoms with Crippen LogP contribution in [0, 0.1) is 0 Å². The first-order chi connectivity index (χ1) is 32.7. The molecule has 0 fully saturated rings. The Labute approximate surface area is 411 Å². The van der Waals surface area contributed by atoms with Crippen LogP contribution in [0.5, 0.6) is 0 Å². The van der Waals surface area contributed by atoms with Gasteiger partial charge < -0.3 is 15.5 Å². The van der Waals surface area contributed by atoms with Crippen LogP contribution in [0.3, 0.4) is 0 Å². The predicted molar refractivity (Wildman–Crippen MR) is 294 cm³/mol. The van der Waals surface area contributed by atoms with Gasteiger partial charge in [-0.05, 0) is 70.6 Å². The third-order valence-electron chi connectivity index (χ3n) is 12.9. The van der Waals surface area contributed by atoms with Gasteiger partial charge >= 0.3 is 0 Å². The molecule has 0 aromatic heterocycles. The van der Waals surface area contributed by atoms with Crippen molar-refractivity contribution >= 4 is 5.91 Å². The second-order valence-electron chi connectivity index (χ2n) is 19.3. The van der Waals surface area contributed by atoms with E-state index < -0.39 is 12.1 Å². The Balaban J connectivity index is 3.48. The number of carbonyl (C=O) groups is 1. The molecule has 0 aromatic rings. The standard InChI is InChI=1S/C62H111NO3/c1-3-5-7-9-11-13-15-17-19-21-22-23-24-25-26-27-28-29-30-31-32-33-34-35-36-37-38-39-40-42-44-46-48-50-52-54-56-58-62(66)63-60(59-64)61(65)57-55-53-51-49-47-45-43-41-20-18-16-14-12-10-8-6-4-2/h5,7,11,13,17,19,22-23,25-26,28-29,55,57,60-61,64-65H,3-4,6,8-10,12,14-16,18,20-21,24,27,30-54,56,58-59H2,1-2H3,(H,63,66)/b7-5-,13-11-,19-17-,23-22-,26-25-,29-28-,57-55+. The maximum Gasteiger partial charge on any atom is 0.220 e. The zero-order valence-electron chi connectivity index (χ0n) is 43.9. The third kappa shape index (κ3) is 52.5. The van der Waals surface area contributed by atoms with Gasteiger partial charge in [0, 0.05) is 6.42 Å². The summed E-state index contributed by atoms with van der Waals surface area (Å²) in [7, 11) is 0. The van der Waals surface area contributed by atoms with Crippen molar-refractivity contribution in [3.8, 4) is 0 Å². The van der Waals surface area contributed by atoms with Crippen LogP contribution in [0.15, 0.2) is 85.1 Å². The average molecular weight is 919 g/mol. The van der Waals surface area contributed by atoms with E-state index in [4.69, 9.17) is 0 Å². The van der Waals surface area contributed by atoms with Crippen LogP contribution >= 0.6 is 0 Å².